The number of benzene rings is 7. The zero-order valence-corrected chi connectivity index (χ0v) is 37.2. The molecule has 4 aliphatic carbocycles. The molecule has 3 heterocycles. The van der Waals surface area contributed by atoms with Gasteiger partial charge in [-0.25, -0.2) is 9.98 Å². The maximum atomic E-state index is 5.32. The molecule has 5 atom stereocenters. The Morgan fingerprint density at radius 1 is 0.368 bits per heavy atom. The lowest BCUT2D eigenvalue weighted by Crippen LogP contribution is -2.60. The fraction of sp³-hybridized carbons (Fsp3) is 0.0794. The third-order valence-corrected chi connectivity index (χ3v) is 14.8. The van der Waals surface area contributed by atoms with Crippen molar-refractivity contribution in [1.29, 1.82) is 0 Å². The molecule has 7 aromatic carbocycles. The Morgan fingerprint density at radius 3 is 1.56 bits per heavy atom. The van der Waals surface area contributed by atoms with E-state index in [1.165, 1.54) is 33.4 Å². The first-order valence-corrected chi connectivity index (χ1v) is 23.5. The number of nitrogens with zero attached hydrogens (tertiary/aromatic N) is 4. The highest BCUT2D eigenvalue weighted by Crippen LogP contribution is 2.69. The van der Waals surface area contributed by atoms with Gasteiger partial charge in [-0.1, -0.05) is 182 Å². The van der Waals surface area contributed by atoms with Crippen LogP contribution in [0, 0.1) is 11.8 Å². The minimum atomic E-state index is -0.453. The molecule has 1 aliphatic heterocycles. The van der Waals surface area contributed by atoms with Crippen LogP contribution in [0.3, 0.4) is 0 Å². The van der Waals surface area contributed by atoms with Gasteiger partial charge in [0.15, 0.2) is 6.17 Å². The number of amidine groups is 2. The zero-order valence-electron chi connectivity index (χ0n) is 37.2. The SMILES string of the molecule is C1=CC2C(C=C1)C1(c3ccccc3)c3ccccc3C2(c2ccccc2)c2ccc(-c3ccncc3-c3cc(C4=NC(c5ccccc5)N=C(c5ccccc5)N4)cc(-c4ccncc4)c3)cc21. The van der Waals surface area contributed by atoms with Gasteiger partial charge < -0.3 is 5.32 Å². The fourth-order valence-corrected chi connectivity index (χ4v) is 12.0. The standard InChI is InChI=1S/C63H45N5/c1-5-17-43(18-6-1)59-66-60(44-19-7-2-8-20-44)68-61(67-59)48-38-46(42-31-34-64-35-32-42)37-47(39-48)52-41-65-36-33-51(52)45-29-30-57-58(40-45)63(50-23-11-4-12-24-50)55-27-15-13-25-53(55)62(57,49-21-9-3-10-22-49)54-26-14-16-28-56(54)63/h1-41,53,55,59H,(H,66,67,68). The largest absolute Gasteiger partial charge is 0.324 e. The molecule has 5 aliphatic rings. The number of hydrogen-bond donors (Lipinski definition) is 1. The summed E-state index contributed by atoms with van der Waals surface area (Å²) in [6.45, 7) is 0. The summed E-state index contributed by atoms with van der Waals surface area (Å²) in [5.41, 5.74) is 16.6. The molecule has 5 heteroatoms. The summed E-state index contributed by atoms with van der Waals surface area (Å²) in [6.07, 6.45) is 16.7. The molecule has 2 aromatic heterocycles. The highest BCUT2D eigenvalue weighted by atomic mass is 15.2. The van der Waals surface area contributed by atoms with Crippen LogP contribution in [0.1, 0.15) is 56.2 Å². The maximum Gasteiger partial charge on any atom is 0.169 e. The molecule has 0 spiro atoms. The summed E-state index contributed by atoms with van der Waals surface area (Å²) in [5.74, 6) is 1.88. The highest BCUT2D eigenvalue weighted by molar-refractivity contribution is 6.16. The zero-order chi connectivity index (χ0) is 45.1. The van der Waals surface area contributed by atoms with E-state index in [0.29, 0.717) is 0 Å². The van der Waals surface area contributed by atoms with E-state index >= 15 is 0 Å². The van der Waals surface area contributed by atoms with Crippen molar-refractivity contribution in [2.45, 2.75) is 17.0 Å². The number of hydrogen-bond acceptors (Lipinski definition) is 5. The molecule has 0 amide bonds. The average molecular weight is 872 g/mol. The Morgan fingerprint density at radius 2 is 0.897 bits per heavy atom. The van der Waals surface area contributed by atoms with Crippen LogP contribution in [0.5, 0.6) is 0 Å². The number of allylic oxidation sites excluding steroid dienone is 4. The van der Waals surface area contributed by atoms with E-state index in [1.807, 2.05) is 61.2 Å². The summed E-state index contributed by atoms with van der Waals surface area (Å²) >= 11 is 0. The van der Waals surface area contributed by atoms with Gasteiger partial charge in [-0.15, -0.1) is 0 Å². The maximum absolute atomic E-state index is 5.32. The van der Waals surface area contributed by atoms with Gasteiger partial charge in [0.2, 0.25) is 0 Å². The lowest BCUT2D eigenvalue weighted by atomic mass is 9.38. The minimum absolute atomic E-state index is 0.164. The van der Waals surface area contributed by atoms with Gasteiger partial charge in [0.25, 0.3) is 0 Å². The molecule has 1 N–H and O–H groups in total. The van der Waals surface area contributed by atoms with E-state index in [0.717, 1.165) is 61.7 Å². The first-order valence-electron chi connectivity index (χ1n) is 23.5. The summed E-state index contributed by atoms with van der Waals surface area (Å²) in [4.78, 5) is 19.7. The van der Waals surface area contributed by atoms with Crippen LogP contribution in [0.15, 0.2) is 259 Å². The van der Waals surface area contributed by atoms with Crippen molar-refractivity contribution in [1.82, 2.24) is 15.3 Å². The molecule has 5 unspecified atom stereocenters. The Kier molecular flexibility index (Phi) is 9.43. The van der Waals surface area contributed by atoms with Gasteiger partial charge in [0.05, 0.1) is 10.8 Å². The third-order valence-electron chi connectivity index (χ3n) is 14.8. The number of aromatic nitrogens is 2. The highest BCUT2D eigenvalue weighted by Gasteiger charge is 2.65. The van der Waals surface area contributed by atoms with Crippen LogP contribution in [0.4, 0.5) is 0 Å². The molecule has 14 rings (SSSR count). The Hall–Kier alpha value is -8.54. The number of rotatable bonds is 8. The van der Waals surface area contributed by atoms with Gasteiger partial charge in [-0.3, -0.25) is 9.97 Å². The van der Waals surface area contributed by atoms with Gasteiger partial charge in [-0.2, -0.15) is 0 Å². The van der Waals surface area contributed by atoms with E-state index in [2.05, 4.69) is 198 Å². The molecule has 9 aromatic rings. The van der Waals surface area contributed by atoms with Crippen molar-refractivity contribution in [3.63, 3.8) is 0 Å². The van der Waals surface area contributed by atoms with Crippen molar-refractivity contribution in [2.24, 2.45) is 21.8 Å². The molecule has 68 heavy (non-hydrogen) atoms. The van der Waals surface area contributed by atoms with E-state index in [-0.39, 0.29) is 11.8 Å². The summed E-state index contributed by atoms with van der Waals surface area (Å²) in [6, 6.07) is 72.7. The van der Waals surface area contributed by atoms with Crippen LogP contribution in [0.2, 0.25) is 0 Å². The van der Waals surface area contributed by atoms with Crippen LogP contribution in [-0.4, -0.2) is 21.6 Å². The predicted molar refractivity (Wildman–Crippen MR) is 275 cm³/mol. The Bertz CT molecular complexity index is 3490. The van der Waals surface area contributed by atoms with Crippen molar-refractivity contribution in [3.05, 3.63) is 299 Å². The summed E-state index contributed by atoms with van der Waals surface area (Å²) in [7, 11) is 0. The van der Waals surface area contributed by atoms with E-state index in [4.69, 9.17) is 15.0 Å². The predicted octanol–water partition coefficient (Wildman–Crippen LogP) is 13.3. The van der Waals surface area contributed by atoms with Crippen molar-refractivity contribution in [3.8, 4) is 33.4 Å². The van der Waals surface area contributed by atoms with Crippen LogP contribution in [-0.2, 0) is 10.8 Å². The second kappa shape index (κ2) is 16.1. The second-order valence-electron chi connectivity index (χ2n) is 18.2. The molecule has 0 radical (unpaired) electrons. The van der Waals surface area contributed by atoms with Crippen molar-refractivity contribution < 1.29 is 0 Å². The topological polar surface area (TPSA) is 62.5 Å². The van der Waals surface area contributed by atoms with E-state index in [9.17, 15) is 0 Å². The molecule has 322 valence electrons. The molecular weight excluding hydrogens is 827 g/mol. The Labute approximate surface area is 396 Å². The smallest absolute Gasteiger partial charge is 0.169 e. The first-order chi connectivity index (χ1) is 33.7. The Balaban J connectivity index is 1.03. The third kappa shape index (κ3) is 6.09. The lowest BCUT2D eigenvalue weighted by molar-refractivity contribution is 0.216. The molecule has 5 nitrogen and oxygen atoms in total. The van der Waals surface area contributed by atoms with Gasteiger partial charge in [-0.05, 0) is 109 Å². The molecular formula is C63H45N5. The van der Waals surface area contributed by atoms with Gasteiger partial charge in [0.1, 0.15) is 11.7 Å². The van der Waals surface area contributed by atoms with Gasteiger partial charge >= 0.3 is 0 Å². The number of nitrogens with one attached hydrogen (secondary N) is 1. The fourth-order valence-electron chi connectivity index (χ4n) is 12.0. The molecule has 0 saturated carbocycles. The van der Waals surface area contributed by atoms with E-state index in [1.54, 1.807) is 0 Å². The number of pyridine rings is 2. The van der Waals surface area contributed by atoms with Crippen molar-refractivity contribution >= 4 is 11.7 Å². The second-order valence-corrected chi connectivity index (χ2v) is 18.2. The van der Waals surface area contributed by atoms with E-state index < -0.39 is 17.0 Å². The lowest BCUT2D eigenvalue weighted by Gasteiger charge is -2.63. The monoisotopic (exact) mass is 871 g/mol. The molecule has 2 bridgehead atoms. The normalized spacial score (nSPS) is 21.7. The average Bonchev–Trinajstić information content (AvgIpc) is 3.43. The van der Waals surface area contributed by atoms with Gasteiger partial charge in [0, 0.05) is 53.3 Å². The van der Waals surface area contributed by atoms with Crippen LogP contribution < -0.4 is 5.32 Å². The quantitative estimate of drug-likeness (QED) is 0.165. The molecule has 0 fully saturated rings. The van der Waals surface area contributed by atoms with Crippen LogP contribution in [0.25, 0.3) is 33.4 Å². The van der Waals surface area contributed by atoms with Crippen LogP contribution >= 0.6 is 0 Å². The summed E-state index contributed by atoms with van der Waals surface area (Å²) in [5, 5.41) is 3.67. The molecule has 0 saturated heterocycles. The summed E-state index contributed by atoms with van der Waals surface area (Å²) < 4.78 is 0. The minimum Gasteiger partial charge on any atom is -0.324 e. The number of aliphatic imine (C=N–C) groups is 2. The first kappa shape index (κ1) is 39.8. The van der Waals surface area contributed by atoms with Crippen molar-refractivity contribution in [2.75, 3.05) is 0 Å².